The molecule has 1 fully saturated rings. The fraction of sp³-hybridized carbons (Fsp3) is 0.360. The second-order valence-corrected chi connectivity index (χ2v) is 9.21. The molecule has 5 nitrogen and oxygen atoms in total. The van der Waals surface area contributed by atoms with Crippen LogP contribution in [0.15, 0.2) is 53.3 Å². The summed E-state index contributed by atoms with van der Waals surface area (Å²) in [4.78, 5) is 6.54. The molecule has 1 saturated heterocycles. The Morgan fingerprint density at radius 3 is 2.49 bits per heavy atom. The van der Waals surface area contributed by atoms with Gasteiger partial charge in [-0.3, -0.25) is 9.88 Å². The minimum atomic E-state index is -4.63. The third-order valence-corrected chi connectivity index (χ3v) is 6.74. The molecule has 1 atom stereocenters. The van der Waals surface area contributed by atoms with Crippen LogP contribution in [0.25, 0.3) is 11.3 Å². The topological polar surface area (TPSA) is 54.1 Å². The Bertz CT molecular complexity index is 1160. The lowest BCUT2D eigenvalue weighted by Gasteiger charge is -2.18. The SMILES string of the molecule is CCOCn1c(-c2ccc(Cl)cc2)c(C#N)c(Br)c1C(F)(F)F.CN1CCCC1c1cccnc1. The van der Waals surface area contributed by atoms with E-state index in [0.717, 1.165) is 4.57 Å². The smallest absolute Gasteiger partial charge is 0.361 e. The molecule has 0 radical (unpaired) electrons. The van der Waals surface area contributed by atoms with Gasteiger partial charge in [0.1, 0.15) is 18.5 Å². The van der Waals surface area contributed by atoms with E-state index in [0.29, 0.717) is 16.6 Å². The number of rotatable bonds is 5. The minimum absolute atomic E-state index is 0.0978. The first-order valence-electron chi connectivity index (χ1n) is 11.0. The number of hydrogen-bond donors (Lipinski definition) is 0. The maximum atomic E-state index is 13.4. The first-order valence-corrected chi connectivity index (χ1v) is 12.2. The lowest BCUT2D eigenvalue weighted by atomic mass is 10.1. The normalized spacial score (nSPS) is 16.0. The van der Waals surface area contributed by atoms with Crippen molar-refractivity contribution in [2.45, 2.75) is 38.7 Å². The van der Waals surface area contributed by atoms with Crippen molar-refractivity contribution in [2.24, 2.45) is 0 Å². The molecular weight excluding hydrogens is 545 g/mol. The van der Waals surface area contributed by atoms with E-state index in [1.54, 1.807) is 31.2 Å². The van der Waals surface area contributed by atoms with E-state index in [4.69, 9.17) is 16.3 Å². The van der Waals surface area contributed by atoms with Crippen molar-refractivity contribution in [2.75, 3.05) is 20.2 Å². The monoisotopic (exact) mass is 568 g/mol. The van der Waals surface area contributed by atoms with Crippen LogP contribution >= 0.6 is 27.5 Å². The molecule has 3 aromatic rings. The van der Waals surface area contributed by atoms with E-state index < -0.39 is 11.9 Å². The van der Waals surface area contributed by atoms with Gasteiger partial charge in [0.2, 0.25) is 0 Å². The third-order valence-electron chi connectivity index (χ3n) is 5.72. The van der Waals surface area contributed by atoms with E-state index in [1.165, 1.54) is 24.9 Å². The van der Waals surface area contributed by atoms with Crippen LogP contribution in [0, 0.1) is 11.3 Å². The van der Waals surface area contributed by atoms with E-state index in [-0.39, 0.29) is 29.1 Å². The van der Waals surface area contributed by atoms with Gasteiger partial charge in [0.05, 0.1) is 15.7 Å². The van der Waals surface area contributed by atoms with Crippen molar-refractivity contribution < 1.29 is 17.9 Å². The zero-order chi connectivity index (χ0) is 25.6. The summed E-state index contributed by atoms with van der Waals surface area (Å²) in [5.41, 5.74) is 0.892. The maximum Gasteiger partial charge on any atom is 0.432 e. The molecule has 3 heterocycles. The van der Waals surface area contributed by atoms with Crippen molar-refractivity contribution >= 4 is 27.5 Å². The fourth-order valence-corrected chi connectivity index (χ4v) is 4.93. The summed E-state index contributed by atoms with van der Waals surface area (Å²) in [5.74, 6) is 0. The van der Waals surface area contributed by atoms with E-state index in [2.05, 4.69) is 38.9 Å². The Labute approximate surface area is 216 Å². The Kier molecular flexibility index (Phi) is 9.36. The molecular formula is C25H25BrClF3N4O. The number of pyridine rings is 1. The first-order chi connectivity index (χ1) is 16.7. The average Bonchev–Trinajstić information content (AvgIpc) is 3.39. The number of alkyl halides is 3. The zero-order valence-corrected chi connectivity index (χ0v) is 21.7. The van der Waals surface area contributed by atoms with Gasteiger partial charge < -0.3 is 9.30 Å². The fourth-order valence-electron chi connectivity index (χ4n) is 4.09. The van der Waals surface area contributed by atoms with Gasteiger partial charge in [-0.05, 0) is 78.6 Å². The quantitative estimate of drug-likeness (QED) is 0.323. The Morgan fingerprint density at radius 2 is 1.97 bits per heavy atom. The van der Waals surface area contributed by atoms with Crippen molar-refractivity contribution in [3.05, 3.63) is 75.1 Å². The molecule has 1 aromatic carbocycles. The number of hydrogen-bond acceptors (Lipinski definition) is 4. The van der Waals surface area contributed by atoms with Gasteiger partial charge >= 0.3 is 6.18 Å². The lowest BCUT2D eigenvalue weighted by molar-refractivity contribution is -0.146. The van der Waals surface area contributed by atoms with Crippen LogP contribution in [-0.2, 0) is 17.6 Å². The van der Waals surface area contributed by atoms with Crippen LogP contribution in [0.4, 0.5) is 13.2 Å². The number of likely N-dealkylation sites (tertiary alicyclic amines) is 1. The average molecular weight is 570 g/mol. The van der Waals surface area contributed by atoms with Crippen molar-refractivity contribution in [3.8, 4) is 17.3 Å². The third kappa shape index (κ3) is 6.44. The Morgan fingerprint density at radius 1 is 1.26 bits per heavy atom. The number of ether oxygens (including phenoxy) is 1. The molecule has 0 amide bonds. The summed E-state index contributed by atoms with van der Waals surface area (Å²) in [5, 5.41) is 9.77. The molecule has 186 valence electrons. The molecule has 4 rings (SSSR count). The van der Waals surface area contributed by atoms with E-state index in [1.807, 2.05) is 24.5 Å². The largest absolute Gasteiger partial charge is 0.432 e. The number of nitriles is 1. The molecule has 2 aromatic heterocycles. The van der Waals surface area contributed by atoms with Crippen molar-refractivity contribution in [1.82, 2.24) is 14.5 Å². The highest BCUT2D eigenvalue weighted by Crippen LogP contribution is 2.43. The molecule has 0 bridgehead atoms. The van der Waals surface area contributed by atoms with Gasteiger partial charge in [0.15, 0.2) is 0 Å². The van der Waals surface area contributed by atoms with Crippen LogP contribution in [0.1, 0.15) is 42.6 Å². The molecule has 35 heavy (non-hydrogen) atoms. The molecule has 0 spiro atoms. The molecule has 0 saturated carbocycles. The summed E-state index contributed by atoms with van der Waals surface area (Å²) >= 11 is 8.73. The Balaban J connectivity index is 0.000000237. The first kappa shape index (κ1) is 27.2. The van der Waals surface area contributed by atoms with Crippen LogP contribution in [0.3, 0.4) is 0 Å². The minimum Gasteiger partial charge on any atom is -0.361 e. The summed E-state index contributed by atoms with van der Waals surface area (Å²) in [7, 11) is 2.19. The second-order valence-electron chi connectivity index (χ2n) is 7.98. The summed E-state index contributed by atoms with van der Waals surface area (Å²) in [6.07, 6.45) is 1.77. The van der Waals surface area contributed by atoms with Crippen LogP contribution in [0.5, 0.6) is 0 Å². The zero-order valence-electron chi connectivity index (χ0n) is 19.3. The van der Waals surface area contributed by atoms with E-state index >= 15 is 0 Å². The standard InChI is InChI=1S/C15H11BrClF3N2O.C10H14N2/c1-2-23-8-22-13(9-3-5-10(17)6-4-9)11(7-21)12(16)14(22)15(18,19)20;1-12-7-3-5-10(12)9-4-2-6-11-8-9/h3-6H,2,8H2,1H3;2,4,6,8,10H,3,5,7H2,1H3. The highest BCUT2D eigenvalue weighted by Gasteiger charge is 2.40. The number of aromatic nitrogens is 2. The van der Waals surface area contributed by atoms with Gasteiger partial charge in [-0.15, -0.1) is 0 Å². The van der Waals surface area contributed by atoms with Gasteiger partial charge in [0, 0.05) is 30.1 Å². The number of benzene rings is 1. The summed E-state index contributed by atoms with van der Waals surface area (Å²) in [6, 6.07) is 12.9. The molecule has 1 aliphatic rings. The van der Waals surface area contributed by atoms with Crippen LogP contribution in [-0.4, -0.2) is 34.7 Å². The lowest BCUT2D eigenvalue weighted by Crippen LogP contribution is -2.17. The molecule has 0 N–H and O–H groups in total. The summed E-state index contributed by atoms with van der Waals surface area (Å²) < 4.78 is 46.0. The Hall–Kier alpha value is -2.38. The van der Waals surface area contributed by atoms with Crippen LogP contribution in [0.2, 0.25) is 5.02 Å². The molecule has 1 unspecified atom stereocenters. The number of halogens is 5. The van der Waals surface area contributed by atoms with E-state index in [9.17, 15) is 18.4 Å². The predicted molar refractivity (Wildman–Crippen MR) is 133 cm³/mol. The highest BCUT2D eigenvalue weighted by molar-refractivity contribution is 9.10. The molecule has 10 heteroatoms. The van der Waals surface area contributed by atoms with Gasteiger partial charge in [0.25, 0.3) is 0 Å². The highest BCUT2D eigenvalue weighted by atomic mass is 79.9. The molecule has 1 aliphatic heterocycles. The maximum absolute atomic E-state index is 13.4. The van der Waals surface area contributed by atoms with Crippen molar-refractivity contribution in [3.63, 3.8) is 0 Å². The van der Waals surface area contributed by atoms with Gasteiger partial charge in [-0.2, -0.15) is 18.4 Å². The van der Waals surface area contributed by atoms with Crippen molar-refractivity contribution in [1.29, 1.82) is 5.26 Å². The predicted octanol–water partition coefficient (Wildman–Crippen LogP) is 7.30. The van der Waals surface area contributed by atoms with Crippen LogP contribution < -0.4 is 0 Å². The molecule has 0 aliphatic carbocycles. The van der Waals surface area contributed by atoms with Gasteiger partial charge in [-0.1, -0.05) is 29.8 Å². The second kappa shape index (κ2) is 12.0. The van der Waals surface area contributed by atoms with Gasteiger partial charge in [-0.25, -0.2) is 0 Å². The number of nitrogens with zero attached hydrogens (tertiary/aromatic N) is 4. The summed E-state index contributed by atoms with van der Waals surface area (Å²) in [6.45, 7) is 2.83.